The number of Topliss-reactive ketones (excluding diaryl/α,β-unsaturated/α-hetero) is 1. The summed E-state index contributed by atoms with van der Waals surface area (Å²) in [6.45, 7) is 5.69. The molecule has 1 unspecified atom stereocenters. The molecule has 0 radical (unpaired) electrons. The molecule has 3 heteroatoms. The highest BCUT2D eigenvalue weighted by molar-refractivity contribution is 5.98. The minimum Gasteiger partial charge on any atom is -0.493 e. The van der Waals surface area contributed by atoms with Crippen LogP contribution in [0.5, 0.6) is 5.75 Å². The molecule has 1 aromatic rings. The van der Waals surface area contributed by atoms with E-state index in [9.17, 15) is 4.79 Å². The van der Waals surface area contributed by atoms with Crippen molar-refractivity contribution in [3.63, 3.8) is 0 Å². The zero-order valence-electron chi connectivity index (χ0n) is 11.5. The van der Waals surface area contributed by atoms with Crippen LogP contribution in [0, 0.1) is 5.92 Å². The number of benzene rings is 1. The third-order valence-corrected chi connectivity index (χ3v) is 4.33. The van der Waals surface area contributed by atoms with E-state index in [2.05, 4.69) is 11.8 Å². The fraction of sp³-hybridized carbons (Fsp3) is 0.562. The van der Waals surface area contributed by atoms with E-state index in [1.165, 1.54) is 18.4 Å². The second-order valence-electron chi connectivity index (χ2n) is 5.64. The van der Waals surface area contributed by atoms with Crippen molar-refractivity contribution in [2.75, 3.05) is 26.2 Å². The van der Waals surface area contributed by atoms with Crippen molar-refractivity contribution in [2.24, 2.45) is 5.92 Å². The average molecular weight is 259 g/mol. The van der Waals surface area contributed by atoms with Crippen molar-refractivity contribution in [3.8, 4) is 5.75 Å². The maximum Gasteiger partial charge on any atom is 0.176 e. The summed E-state index contributed by atoms with van der Waals surface area (Å²) < 4.78 is 5.47. The van der Waals surface area contributed by atoms with Crippen molar-refractivity contribution in [3.05, 3.63) is 29.3 Å². The summed E-state index contributed by atoms with van der Waals surface area (Å²) in [5.41, 5.74) is 2.02. The Kier molecular flexibility index (Phi) is 3.56. The van der Waals surface area contributed by atoms with Crippen molar-refractivity contribution in [1.29, 1.82) is 0 Å². The molecule has 2 heterocycles. The van der Waals surface area contributed by atoms with Gasteiger partial charge in [-0.2, -0.15) is 0 Å². The van der Waals surface area contributed by atoms with E-state index in [-0.39, 0.29) is 5.78 Å². The molecule has 0 bridgehead atoms. The second-order valence-corrected chi connectivity index (χ2v) is 5.64. The Balaban J connectivity index is 1.64. The van der Waals surface area contributed by atoms with Crippen molar-refractivity contribution in [1.82, 2.24) is 4.90 Å². The van der Waals surface area contributed by atoms with Crippen LogP contribution in [0.1, 0.15) is 35.7 Å². The molecule has 1 aromatic carbocycles. The van der Waals surface area contributed by atoms with Gasteiger partial charge >= 0.3 is 0 Å². The first-order valence-electron chi connectivity index (χ1n) is 7.27. The Morgan fingerprint density at radius 1 is 1.47 bits per heavy atom. The summed E-state index contributed by atoms with van der Waals surface area (Å²) in [4.78, 5) is 14.6. The number of nitrogens with zero attached hydrogens (tertiary/aromatic N) is 1. The molecule has 3 rings (SSSR count). The highest BCUT2D eigenvalue weighted by Crippen LogP contribution is 2.26. The molecule has 1 fully saturated rings. The zero-order valence-corrected chi connectivity index (χ0v) is 11.5. The molecular formula is C16H21NO2. The molecule has 0 saturated carbocycles. The molecule has 102 valence electrons. The van der Waals surface area contributed by atoms with Crippen LogP contribution in [0.25, 0.3) is 0 Å². The molecular weight excluding hydrogens is 238 g/mol. The van der Waals surface area contributed by atoms with Gasteiger partial charge in [0, 0.05) is 18.5 Å². The van der Waals surface area contributed by atoms with Crippen LogP contribution in [0.15, 0.2) is 18.2 Å². The summed E-state index contributed by atoms with van der Waals surface area (Å²) in [5, 5.41) is 0. The van der Waals surface area contributed by atoms with Gasteiger partial charge in [0.05, 0.1) is 13.2 Å². The first-order valence-corrected chi connectivity index (χ1v) is 7.27. The molecule has 19 heavy (non-hydrogen) atoms. The van der Waals surface area contributed by atoms with E-state index in [1.807, 2.05) is 18.2 Å². The van der Waals surface area contributed by atoms with Gasteiger partial charge in [-0.3, -0.25) is 9.69 Å². The minimum atomic E-state index is 0.242. The third kappa shape index (κ3) is 2.66. The van der Waals surface area contributed by atoms with Gasteiger partial charge in [0.1, 0.15) is 5.75 Å². The maximum atomic E-state index is 12.3. The molecule has 0 spiro atoms. The summed E-state index contributed by atoms with van der Waals surface area (Å²) in [5.74, 6) is 1.97. The van der Waals surface area contributed by atoms with E-state index in [0.717, 1.165) is 43.3 Å². The van der Waals surface area contributed by atoms with E-state index in [4.69, 9.17) is 4.74 Å². The lowest BCUT2D eigenvalue weighted by atomic mass is 10.1. The second kappa shape index (κ2) is 5.33. The fourth-order valence-corrected chi connectivity index (χ4v) is 3.04. The summed E-state index contributed by atoms with van der Waals surface area (Å²) in [7, 11) is 0. The van der Waals surface area contributed by atoms with E-state index >= 15 is 0 Å². The molecule has 2 aliphatic rings. The number of fused-ring (bicyclic) bond motifs is 1. The van der Waals surface area contributed by atoms with Crippen molar-refractivity contribution >= 4 is 5.78 Å². The largest absolute Gasteiger partial charge is 0.493 e. The Bertz CT molecular complexity index is 484. The fourth-order valence-electron chi connectivity index (χ4n) is 3.04. The van der Waals surface area contributed by atoms with Gasteiger partial charge in [-0.25, -0.2) is 0 Å². The Morgan fingerprint density at radius 2 is 2.37 bits per heavy atom. The van der Waals surface area contributed by atoms with Crippen LogP contribution in [-0.4, -0.2) is 36.9 Å². The summed E-state index contributed by atoms with van der Waals surface area (Å²) in [6, 6.07) is 5.85. The monoisotopic (exact) mass is 259 g/mol. The molecule has 0 N–H and O–H groups in total. The SMILES string of the molecule is CCC1CCN(CC(=O)c2ccc3c(c2)CCO3)C1. The average Bonchev–Trinajstić information content (AvgIpc) is 3.05. The highest BCUT2D eigenvalue weighted by atomic mass is 16.5. The maximum absolute atomic E-state index is 12.3. The molecule has 0 amide bonds. The number of rotatable bonds is 4. The predicted molar refractivity (Wildman–Crippen MR) is 74.8 cm³/mol. The third-order valence-electron chi connectivity index (χ3n) is 4.33. The van der Waals surface area contributed by atoms with Crippen LogP contribution in [0.3, 0.4) is 0 Å². The van der Waals surface area contributed by atoms with E-state index in [1.54, 1.807) is 0 Å². The Labute approximate surface area is 114 Å². The lowest BCUT2D eigenvalue weighted by molar-refractivity contribution is 0.0943. The standard InChI is InChI=1S/C16H21NO2/c1-2-12-5-7-17(10-12)11-15(18)13-3-4-16-14(9-13)6-8-19-16/h3-4,9,12H,2,5-8,10-11H2,1H3. The van der Waals surface area contributed by atoms with Gasteiger partial charge in [-0.1, -0.05) is 13.3 Å². The molecule has 1 atom stereocenters. The van der Waals surface area contributed by atoms with Gasteiger partial charge in [0.15, 0.2) is 5.78 Å². The number of hydrogen-bond donors (Lipinski definition) is 0. The van der Waals surface area contributed by atoms with Gasteiger partial charge in [0.2, 0.25) is 0 Å². The topological polar surface area (TPSA) is 29.5 Å². The molecule has 0 aromatic heterocycles. The molecule has 3 nitrogen and oxygen atoms in total. The van der Waals surface area contributed by atoms with Gasteiger partial charge in [0.25, 0.3) is 0 Å². The lowest BCUT2D eigenvalue weighted by Gasteiger charge is -2.14. The van der Waals surface area contributed by atoms with Crippen LogP contribution in [0.4, 0.5) is 0 Å². The summed E-state index contributed by atoms with van der Waals surface area (Å²) in [6.07, 6.45) is 3.39. The highest BCUT2D eigenvalue weighted by Gasteiger charge is 2.23. The van der Waals surface area contributed by atoms with Crippen LogP contribution in [0.2, 0.25) is 0 Å². The van der Waals surface area contributed by atoms with E-state index < -0.39 is 0 Å². The number of hydrogen-bond acceptors (Lipinski definition) is 3. The van der Waals surface area contributed by atoms with Crippen molar-refractivity contribution < 1.29 is 9.53 Å². The lowest BCUT2D eigenvalue weighted by Crippen LogP contribution is -2.27. The van der Waals surface area contributed by atoms with Crippen LogP contribution < -0.4 is 4.74 Å². The predicted octanol–water partition coefficient (Wildman–Crippen LogP) is 2.54. The summed E-state index contributed by atoms with van der Waals surface area (Å²) >= 11 is 0. The number of ketones is 1. The quantitative estimate of drug-likeness (QED) is 0.778. The Morgan fingerprint density at radius 3 is 3.16 bits per heavy atom. The number of likely N-dealkylation sites (tertiary alicyclic amines) is 1. The smallest absolute Gasteiger partial charge is 0.176 e. The van der Waals surface area contributed by atoms with Gasteiger partial charge in [-0.15, -0.1) is 0 Å². The first-order chi connectivity index (χ1) is 9.26. The number of ether oxygens (including phenoxy) is 1. The van der Waals surface area contributed by atoms with Crippen LogP contribution in [-0.2, 0) is 6.42 Å². The Hall–Kier alpha value is -1.35. The molecule has 2 aliphatic heterocycles. The van der Waals surface area contributed by atoms with Gasteiger partial charge < -0.3 is 4.74 Å². The van der Waals surface area contributed by atoms with Crippen LogP contribution >= 0.6 is 0 Å². The molecule has 0 aliphatic carbocycles. The zero-order chi connectivity index (χ0) is 13.2. The normalized spacial score (nSPS) is 22.3. The van der Waals surface area contributed by atoms with Crippen molar-refractivity contribution in [2.45, 2.75) is 26.2 Å². The number of carbonyl (C=O) groups is 1. The van der Waals surface area contributed by atoms with Gasteiger partial charge in [-0.05, 0) is 42.6 Å². The molecule has 1 saturated heterocycles. The minimum absolute atomic E-state index is 0.242. The van der Waals surface area contributed by atoms with E-state index in [0.29, 0.717) is 6.54 Å². The first kappa shape index (κ1) is 12.7. The number of carbonyl (C=O) groups excluding carboxylic acids is 1.